The van der Waals surface area contributed by atoms with Crippen LogP contribution in [-0.2, 0) is 23.8 Å². The molecule has 0 radical (unpaired) electrons. The van der Waals surface area contributed by atoms with Gasteiger partial charge in [-0.15, -0.1) is 0 Å². The predicted molar refractivity (Wildman–Crippen MR) is 137 cm³/mol. The molecule has 1 aromatic carbocycles. The van der Waals surface area contributed by atoms with Gasteiger partial charge in [-0.1, -0.05) is 32.0 Å². The van der Waals surface area contributed by atoms with Crippen molar-refractivity contribution in [2.45, 2.75) is 88.9 Å². The second kappa shape index (κ2) is 9.17. The van der Waals surface area contributed by atoms with E-state index in [1.807, 2.05) is 0 Å². The Kier molecular flexibility index (Phi) is 6.61. The van der Waals surface area contributed by atoms with Crippen LogP contribution in [-0.4, -0.2) is 97.7 Å². The minimum Gasteiger partial charge on any atom is -0.454 e. The van der Waals surface area contributed by atoms with Crippen molar-refractivity contribution in [3.63, 3.8) is 0 Å². The van der Waals surface area contributed by atoms with E-state index in [1.54, 1.807) is 18.2 Å². The molecule has 1 saturated heterocycles. The van der Waals surface area contributed by atoms with Gasteiger partial charge in [0.2, 0.25) is 0 Å². The number of rotatable bonds is 3. The minimum absolute atomic E-state index is 0.0565. The molecule has 40 heavy (non-hydrogen) atoms. The molecule has 0 aromatic heterocycles. The Balaban J connectivity index is 1.76. The number of carbonyl (C=O) groups is 3. The van der Waals surface area contributed by atoms with E-state index in [2.05, 4.69) is 0 Å². The van der Waals surface area contributed by atoms with E-state index in [-0.39, 0.29) is 29.7 Å². The summed E-state index contributed by atoms with van der Waals surface area (Å²) in [5.74, 6) is -4.02. The van der Waals surface area contributed by atoms with E-state index >= 15 is 0 Å². The summed E-state index contributed by atoms with van der Waals surface area (Å²) < 4.78 is 17.1. The van der Waals surface area contributed by atoms with Gasteiger partial charge in [0.25, 0.3) is 0 Å². The van der Waals surface area contributed by atoms with Crippen LogP contribution in [0.25, 0.3) is 0 Å². The number of carbonyl (C=O) groups excluding carboxylic acids is 3. The van der Waals surface area contributed by atoms with Crippen LogP contribution in [0, 0.1) is 16.7 Å². The van der Waals surface area contributed by atoms with Crippen molar-refractivity contribution >= 4 is 17.7 Å². The first kappa shape index (κ1) is 28.8. The van der Waals surface area contributed by atoms with E-state index in [0.717, 1.165) is 6.92 Å². The van der Waals surface area contributed by atoms with Crippen molar-refractivity contribution < 1.29 is 54.1 Å². The van der Waals surface area contributed by atoms with E-state index in [1.165, 1.54) is 39.8 Å². The normalized spacial score (nSPS) is 43.9. The molecule has 0 spiro atoms. The van der Waals surface area contributed by atoms with Crippen LogP contribution in [0.1, 0.15) is 51.4 Å². The largest absolute Gasteiger partial charge is 0.454 e. The molecule has 1 aromatic rings. The number of hydrogen-bond donors (Lipinski definition) is 5. The van der Waals surface area contributed by atoms with Crippen molar-refractivity contribution in [2.24, 2.45) is 16.7 Å². The fraction of sp³-hybridized carbons (Fsp3) is 0.621. The molecular weight excluding hydrogens is 524 g/mol. The van der Waals surface area contributed by atoms with Crippen molar-refractivity contribution in [1.29, 1.82) is 0 Å². The van der Waals surface area contributed by atoms with Gasteiger partial charge in [-0.3, -0.25) is 9.59 Å². The molecule has 1 heterocycles. The molecule has 3 fully saturated rings. The number of ether oxygens (including phenoxy) is 3. The van der Waals surface area contributed by atoms with Crippen LogP contribution in [0.3, 0.4) is 0 Å². The predicted octanol–water partition coefficient (Wildman–Crippen LogP) is 0.0526. The molecule has 5 N–H and O–H groups in total. The van der Waals surface area contributed by atoms with E-state index < -0.39 is 82.3 Å². The average molecular weight is 561 g/mol. The molecule has 218 valence electrons. The fourth-order valence-electron chi connectivity index (χ4n) is 7.80. The Morgan fingerprint density at radius 1 is 1.05 bits per heavy atom. The lowest BCUT2D eigenvalue weighted by Crippen LogP contribution is -2.83. The minimum atomic E-state index is -2.55. The number of Topliss-reactive ketones (excluding diaryl/α,β-unsaturated/α-hetero) is 1. The smallest absolute Gasteiger partial charge is 0.338 e. The lowest BCUT2D eigenvalue weighted by Gasteiger charge is -2.67. The summed E-state index contributed by atoms with van der Waals surface area (Å²) in [6, 6.07) is 7.88. The highest BCUT2D eigenvalue weighted by Gasteiger charge is 2.78. The molecule has 1 aliphatic heterocycles. The van der Waals surface area contributed by atoms with Crippen LogP contribution >= 0.6 is 0 Å². The van der Waals surface area contributed by atoms with Crippen LogP contribution < -0.4 is 0 Å². The molecule has 0 unspecified atom stereocenters. The highest BCUT2D eigenvalue weighted by molar-refractivity contribution is 5.93. The van der Waals surface area contributed by atoms with Crippen LogP contribution in [0.5, 0.6) is 0 Å². The second-order valence-corrected chi connectivity index (χ2v) is 12.3. The van der Waals surface area contributed by atoms with Crippen molar-refractivity contribution in [2.75, 3.05) is 6.61 Å². The second-order valence-electron chi connectivity index (χ2n) is 12.3. The number of aliphatic hydroxyl groups excluding tert-OH is 4. The Morgan fingerprint density at radius 3 is 2.23 bits per heavy atom. The topological polar surface area (TPSA) is 180 Å². The molecule has 2 saturated carbocycles. The van der Waals surface area contributed by atoms with Crippen LogP contribution in [0.15, 0.2) is 41.5 Å². The van der Waals surface area contributed by atoms with E-state index in [0.29, 0.717) is 0 Å². The van der Waals surface area contributed by atoms with E-state index in [4.69, 9.17) is 14.2 Å². The van der Waals surface area contributed by atoms with Crippen molar-refractivity contribution in [3.8, 4) is 0 Å². The van der Waals surface area contributed by atoms with Crippen LogP contribution in [0.2, 0.25) is 0 Å². The summed E-state index contributed by atoms with van der Waals surface area (Å²) in [5, 5.41) is 59.3. The maximum atomic E-state index is 14.1. The van der Waals surface area contributed by atoms with Gasteiger partial charge in [-0.25, -0.2) is 4.79 Å². The summed E-state index contributed by atoms with van der Waals surface area (Å²) in [7, 11) is 0. The molecule has 5 rings (SSSR count). The maximum absolute atomic E-state index is 14.1. The third kappa shape index (κ3) is 3.48. The zero-order valence-electron chi connectivity index (χ0n) is 23.0. The Morgan fingerprint density at radius 2 is 1.68 bits per heavy atom. The number of fused-ring (bicyclic) bond motifs is 5. The quantitative estimate of drug-likeness (QED) is 0.249. The maximum Gasteiger partial charge on any atom is 0.338 e. The molecule has 0 amide bonds. The zero-order chi connectivity index (χ0) is 29.6. The number of hydrogen-bond acceptors (Lipinski definition) is 11. The lowest BCUT2D eigenvalue weighted by atomic mass is 9.44. The Bertz CT molecular complexity index is 1270. The summed E-state index contributed by atoms with van der Waals surface area (Å²) in [4.78, 5) is 39.6. The molecule has 4 aliphatic rings. The van der Waals surface area contributed by atoms with Crippen molar-refractivity contribution in [1.82, 2.24) is 0 Å². The molecule has 2 bridgehead atoms. The highest BCUT2D eigenvalue weighted by atomic mass is 16.6. The number of aliphatic hydroxyl groups is 5. The van der Waals surface area contributed by atoms with Crippen molar-refractivity contribution in [3.05, 3.63) is 47.0 Å². The Hall–Kier alpha value is -2.67. The molecular formula is C29H36O11. The summed E-state index contributed by atoms with van der Waals surface area (Å²) >= 11 is 0. The molecule has 10 atom stereocenters. The first-order valence-electron chi connectivity index (χ1n) is 13.3. The van der Waals surface area contributed by atoms with Gasteiger partial charge in [0, 0.05) is 24.7 Å². The zero-order valence-corrected chi connectivity index (χ0v) is 23.0. The number of esters is 2. The fourth-order valence-corrected chi connectivity index (χ4v) is 7.80. The van der Waals surface area contributed by atoms with Gasteiger partial charge in [-0.2, -0.15) is 0 Å². The first-order chi connectivity index (χ1) is 18.6. The van der Waals surface area contributed by atoms with Gasteiger partial charge < -0.3 is 39.7 Å². The number of ketones is 1. The molecule has 3 aliphatic carbocycles. The van der Waals surface area contributed by atoms with Crippen LogP contribution in [0.4, 0.5) is 0 Å². The lowest BCUT2D eigenvalue weighted by molar-refractivity contribution is -0.352. The first-order valence-corrected chi connectivity index (χ1v) is 13.3. The van der Waals surface area contributed by atoms with Gasteiger partial charge in [0.1, 0.15) is 23.9 Å². The molecule has 11 heteroatoms. The summed E-state index contributed by atoms with van der Waals surface area (Å²) in [6.07, 6.45) is -9.99. The van der Waals surface area contributed by atoms with Gasteiger partial charge in [0.15, 0.2) is 17.5 Å². The monoisotopic (exact) mass is 560 g/mol. The standard InChI is InChI=1S/C29H36O11/c1-13-18-20(33)22(34)27(5)16(31)11-17-28(12-38-17,40-14(2)30)21(27)23(35)29(37,26(18,3)4)24(19(13)32)39-25(36)15-9-7-6-8-10-15/h6-10,16-17,19-21,23-24,31-33,35,37H,11-12H2,1-5H3/t16-,17+,19+,20+,21-,23-,24-,27+,28-,29-/m0/s1. The summed E-state index contributed by atoms with van der Waals surface area (Å²) in [6.45, 7) is 6.63. The summed E-state index contributed by atoms with van der Waals surface area (Å²) in [5.41, 5.74) is -7.68. The average Bonchev–Trinajstić information content (AvgIpc) is 2.89. The third-order valence-corrected chi connectivity index (χ3v) is 10.0. The van der Waals surface area contributed by atoms with E-state index in [9.17, 15) is 39.9 Å². The third-order valence-electron chi connectivity index (χ3n) is 10.0. The molecule has 11 nitrogen and oxygen atoms in total. The highest BCUT2D eigenvalue weighted by Crippen LogP contribution is 2.63. The number of benzene rings is 1. The SMILES string of the molecule is CC(=O)O[C@@]12CO[C@@H]1C[C@H](O)[C@@]1(C)C(=O)[C@H](O)C3=C(C)[C@@H](O)[C@H](OC(=O)c4ccccc4)[C@@](O)([C@@H](O)[C@H]21)C3(C)C. The Labute approximate surface area is 231 Å². The van der Waals surface area contributed by atoms with Gasteiger partial charge in [0.05, 0.1) is 29.8 Å². The van der Waals surface area contributed by atoms with Gasteiger partial charge in [-0.05, 0) is 37.1 Å². The van der Waals surface area contributed by atoms with Gasteiger partial charge >= 0.3 is 11.9 Å².